The lowest BCUT2D eigenvalue weighted by Gasteiger charge is -2.09. The van der Waals surface area contributed by atoms with Crippen molar-refractivity contribution in [2.24, 2.45) is 0 Å². The second kappa shape index (κ2) is 9.03. The topological polar surface area (TPSA) is 17.8 Å². The fourth-order valence-electron chi connectivity index (χ4n) is 3.31. The number of hydrogen-bond acceptors (Lipinski definition) is 2. The molecule has 0 saturated carbocycles. The summed E-state index contributed by atoms with van der Waals surface area (Å²) in [6, 6.07) is 12.9. The Morgan fingerprint density at radius 2 is 1.71 bits per heavy atom. The highest BCUT2D eigenvalue weighted by Crippen LogP contribution is 2.21. The van der Waals surface area contributed by atoms with Crippen LogP contribution in [0.4, 0.5) is 0 Å². The van der Waals surface area contributed by atoms with E-state index in [1.165, 1.54) is 61.2 Å². The molecule has 0 amide bonds. The minimum Gasteiger partial charge on any atom is -0.328 e. The number of imidazole rings is 1. The Morgan fingerprint density at radius 1 is 0.917 bits per heavy atom. The molecule has 0 fully saturated rings. The Balaban J connectivity index is 1.64. The smallest absolute Gasteiger partial charge is 0.115 e. The molecule has 0 aliphatic heterocycles. The zero-order chi connectivity index (χ0) is 16.6. The van der Waals surface area contributed by atoms with Gasteiger partial charge in [-0.25, -0.2) is 4.98 Å². The van der Waals surface area contributed by atoms with Crippen molar-refractivity contribution < 1.29 is 0 Å². The van der Waals surface area contributed by atoms with Gasteiger partial charge in [0.05, 0.1) is 11.0 Å². The highest BCUT2D eigenvalue weighted by molar-refractivity contribution is 7.09. The van der Waals surface area contributed by atoms with E-state index in [1.54, 1.807) is 0 Å². The average molecular weight is 341 g/mol. The van der Waals surface area contributed by atoms with E-state index in [4.69, 9.17) is 4.98 Å². The number of para-hydroxylation sites is 2. The van der Waals surface area contributed by atoms with Crippen molar-refractivity contribution >= 4 is 22.4 Å². The molecule has 0 bridgehead atoms. The largest absolute Gasteiger partial charge is 0.328 e. The van der Waals surface area contributed by atoms with E-state index in [-0.39, 0.29) is 0 Å². The molecule has 2 nitrogen and oxygen atoms in total. The van der Waals surface area contributed by atoms with Crippen LogP contribution in [-0.2, 0) is 13.0 Å². The molecule has 2 heterocycles. The van der Waals surface area contributed by atoms with Crippen LogP contribution < -0.4 is 0 Å². The lowest BCUT2D eigenvalue weighted by Crippen LogP contribution is -2.04. The maximum absolute atomic E-state index is 4.90. The molecule has 0 N–H and O–H groups in total. The van der Waals surface area contributed by atoms with E-state index < -0.39 is 0 Å². The van der Waals surface area contributed by atoms with Crippen LogP contribution >= 0.6 is 11.3 Å². The second-order valence-electron chi connectivity index (χ2n) is 6.55. The van der Waals surface area contributed by atoms with Gasteiger partial charge in [0, 0.05) is 17.8 Å². The molecule has 24 heavy (non-hydrogen) atoms. The number of aryl methyl sites for hydroxylation is 1. The standard InChI is InChI=1S/C21H28N2S/c1-2-3-4-5-6-7-10-15-23-20-14-9-8-13-19(20)22-21(23)17-18-12-11-16-24-18/h8-9,11-14,16H,2-7,10,15,17H2,1H3. The molecule has 3 heteroatoms. The van der Waals surface area contributed by atoms with Gasteiger partial charge < -0.3 is 4.57 Å². The van der Waals surface area contributed by atoms with Gasteiger partial charge >= 0.3 is 0 Å². The molecule has 1 aromatic carbocycles. The quantitative estimate of drug-likeness (QED) is 0.388. The predicted octanol–water partition coefficient (Wildman–Crippen LogP) is 6.44. The van der Waals surface area contributed by atoms with Gasteiger partial charge in [0.2, 0.25) is 0 Å². The Kier molecular flexibility index (Phi) is 6.48. The Morgan fingerprint density at radius 3 is 2.50 bits per heavy atom. The zero-order valence-electron chi connectivity index (χ0n) is 14.7. The van der Waals surface area contributed by atoms with E-state index in [0.29, 0.717) is 0 Å². The van der Waals surface area contributed by atoms with E-state index in [9.17, 15) is 0 Å². The molecule has 3 rings (SSSR count). The van der Waals surface area contributed by atoms with Crippen molar-refractivity contribution in [2.45, 2.75) is 64.8 Å². The molecule has 3 aromatic rings. The molecule has 0 spiro atoms. The van der Waals surface area contributed by atoms with Crippen molar-refractivity contribution in [3.05, 3.63) is 52.5 Å². The summed E-state index contributed by atoms with van der Waals surface area (Å²) in [5, 5.41) is 2.15. The third-order valence-corrected chi connectivity index (χ3v) is 5.51. The first-order chi connectivity index (χ1) is 11.9. The minimum absolute atomic E-state index is 0.947. The van der Waals surface area contributed by atoms with E-state index >= 15 is 0 Å². The van der Waals surface area contributed by atoms with Gasteiger partial charge in [-0.1, -0.05) is 63.6 Å². The first-order valence-corrected chi connectivity index (χ1v) is 10.2. The SMILES string of the molecule is CCCCCCCCCn1c(Cc2cccs2)nc2ccccc21. The number of rotatable bonds is 10. The number of aromatic nitrogens is 2. The lowest BCUT2D eigenvalue weighted by molar-refractivity contribution is 0.548. The van der Waals surface area contributed by atoms with Crippen molar-refractivity contribution in [3.63, 3.8) is 0 Å². The molecular weight excluding hydrogens is 312 g/mol. The van der Waals surface area contributed by atoms with Gasteiger partial charge in [-0.2, -0.15) is 0 Å². The van der Waals surface area contributed by atoms with Gasteiger partial charge in [-0.05, 0) is 30.0 Å². The summed E-state index contributed by atoms with van der Waals surface area (Å²) >= 11 is 1.82. The summed E-state index contributed by atoms with van der Waals surface area (Å²) in [6.45, 7) is 3.37. The van der Waals surface area contributed by atoms with Gasteiger partial charge in [0.25, 0.3) is 0 Å². The molecule has 0 unspecified atom stereocenters. The number of hydrogen-bond donors (Lipinski definition) is 0. The number of nitrogens with zero attached hydrogens (tertiary/aromatic N) is 2. The molecule has 0 aliphatic rings. The summed E-state index contributed by atoms with van der Waals surface area (Å²) < 4.78 is 2.45. The molecule has 128 valence electrons. The highest BCUT2D eigenvalue weighted by Gasteiger charge is 2.11. The fourth-order valence-corrected chi connectivity index (χ4v) is 4.01. The zero-order valence-corrected chi connectivity index (χ0v) is 15.5. The maximum atomic E-state index is 4.90. The van der Waals surface area contributed by atoms with Crippen LogP contribution in [0.5, 0.6) is 0 Å². The normalized spacial score (nSPS) is 11.4. The monoisotopic (exact) mass is 340 g/mol. The van der Waals surface area contributed by atoms with Crippen LogP contribution in [0, 0.1) is 0 Å². The average Bonchev–Trinajstić information content (AvgIpc) is 3.22. The number of thiophene rings is 1. The fraction of sp³-hybridized carbons (Fsp3) is 0.476. The maximum Gasteiger partial charge on any atom is 0.115 e. The van der Waals surface area contributed by atoms with Crippen LogP contribution in [-0.4, -0.2) is 9.55 Å². The predicted molar refractivity (Wildman–Crippen MR) is 105 cm³/mol. The van der Waals surface area contributed by atoms with E-state index in [0.717, 1.165) is 18.5 Å². The second-order valence-corrected chi connectivity index (χ2v) is 7.58. The molecule has 2 aromatic heterocycles. The summed E-state index contributed by atoms with van der Waals surface area (Å²) in [4.78, 5) is 6.29. The Hall–Kier alpha value is -1.61. The van der Waals surface area contributed by atoms with Crippen LogP contribution in [0.25, 0.3) is 11.0 Å². The number of unbranched alkanes of at least 4 members (excludes halogenated alkanes) is 6. The molecule has 0 aliphatic carbocycles. The van der Waals surface area contributed by atoms with Crippen molar-refractivity contribution in [1.82, 2.24) is 9.55 Å². The van der Waals surface area contributed by atoms with E-state index in [2.05, 4.69) is 53.3 Å². The molecule has 0 radical (unpaired) electrons. The van der Waals surface area contributed by atoms with Gasteiger partial charge in [0.1, 0.15) is 5.82 Å². The van der Waals surface area contributed by atoms with Gasteiger partial charge in [-0.15, -0.1) is 11.3 Å². The summed E-state index contributed by atoms with van der Waals surface area (Å²) in [7, 11) is 0. The highest BCUT2D eigenvalue weighted by atomic mass is 32.1. The third-order valence-electron chi connectivity index (χ3n) is 4.63. The summed E-state index contributed by atoms with van der Waals surface area (Å²) in [5.41, 5.74) is 2.42. The van der Waals surface area contributed by atoms with Crippen molar-refractivity contribution in [3.8, 4) is 0 Å². The summed E-state index contributed by atoms with van der Waals surface area (Å²) in [6.07, 6.45) is 10.4. The lowest BCUT2D eigenvalue weighted by atomic mass is 10.1. The van der Waals surface area contributed by atoms with Crippen LogP contribution in [0.15, 0.2) is 41.8 Å². The first kappa shape index (κ1) is 17.2. The number of benzene rings is 1. The first-order valence-electron chi connectivity index (χ1n) is 9.35. The van der Waals surface area contributed by atoms with Gasteiger partial charge in [0.15, 0.2) is 0 Å². The van der Waals surface area contributed by atoms with Crippen LogP contribution in [0.1, 0.15) is 62.6 Å². The third kappa shape index (κ3) is 4.47. The van der Waals surface area contributed by atoms with E-state index in [1.807, 2.05) is 11.3 Å². The Bertz CT molecular complexity index is 727. The van der Waals surface area contributed by atoms with Gasteiger partial charge in [-0.3, -0.25) is 0 Å². The van der Waals surface area contributed by atoms with Crippen LogP contribution in [0.3, 0.4) is 0 Å². The Labute approximate surface area is 149 Å². The van der Waals surface area contributed by atoms with Crippen LogP contribution in [0.2, 0.25) is 0 Å². The van der Waals surface area contributed by atoms with Crippen molar-refractivity contribution in [1.29, 1.82) is 0 Å². The van der Waals surface area contributed by atoms with Crippen molar-refractivity contribution in [2.75, 3.05) is 0 Å². The molecule has 0 atom stereocenters. The molecule has 0 saturated heterocycles. The summed E-state index contributed by atoms with van der Waals surface area (Å²) in [5.74, 6) is 1.21. The molecular formula is C21H28N2S. The minimum atomic E-state index is 0.947. The number of fused-ring (bicyclic) bond motifs is 1.